The number of methoxy groups -OCH3 is 1. The van der Waals surface area contributed by atoms with Crippen LogP contribution < -0.4 is 14.8 Å². The molecule has 0 saturated carbocycles. The van der Waals surface area contributed by atoms with Crippen LogP contribution in [0.2, 0.25) is 0 Å². The number of esters is 1. The minimum atomic E-state index is -5.00. The second kappa shape index (κ2) is 10.1. The van der Waals surface area contributed by atoms with E-state index in [0.717, 1.165) is 18.2 Å². The third-order valence-corrected chi connectivity index (χ3v) is 4.53. The lowest BCUT2D eigenvalue weighted by molar-refractivity contribution is -0.385. The minimum Gasteiger partial charge on any atom is -0.493 e. The third kappa shape index (κ3) is 6.30. The number of carbonyl (C=O) groups is 2. The van der Waals surface area contributed by atoms with Gasteiger partial charge in [0, 0.05) is 19.1 Å². The average Bonchev–Trinajstić information content (AvgIpc) is 2.72. The maximum Gasteiger partial charge on any atom is 0.418 e. The van der Waals surface area contributed by atoms with Crippen molar-refractivity contribution in [3.05, 3.63) is 61.6 Å². The Bertz CT molecular complexity index is 1200. The van der Waals surface area contributed by atoms with Crippen LogP contribution in [0.4, 0.5) is 24.5 Å². The van der Waals surface area contributed by atoms with Crippen molar-refractivity contribution in [1.29, 1.82) is 5.26 Å². The van der Waals surface area contributed by atoms with Gasteiger partial charge in [0.2, 0.25) is 0 Å². The Labute approximate surface area is 192 Å². The zero-order valence-corrected chi connectivity index (χ0v) is 18.4. The van der Waals surface area contributed by atoms with Gasteiger partial charge in [0.25, 0.3) is 11.6 Å². The molecule has 172 valence electrons. The van der Waals surface area contributed by atoms with E-state index in [9.17, 15) is 38.1 Å². The average molecular weight is 528 g/mol. The molecule has 9 nitrogen and oxygen atoms in total. The number of nitrogens with zero attached hydrogens (tertiary/aromatic N) is 2. The second-order valence-corrected chi connectivity index (χ2v) is 7.09. The summed E-state index contributed by atoms with van der Waals surface area (Å²) in [4.78, 5) is 33.5. The van der Waals surface area contributed by atoms with Crippen molar-refractivity contribution >= 4 is 45.3 Å². The number of halogens is 4. The lowest BCUT2D eigenvalue weighted by atomic mass is 10.1. The zero-order chi connectivity index (χ0) is 24.9. The maximum atomic E-state index is 13.3. The quantitative estimate of drug-likeness (QED) is 0.142. The van der Waals surface area contributed by atoms with E-state index in [-0.39, 0.29) is 27.6 Å². The van der Waals surface area contributed by atoms with Crippen molar-refractivity contribution in [2.45, 2.75) is 13.1 Å². The molecule has 0 aromatic heterocycles. The minimum absolute atomic E-state index is 0.0470. The standard InChI is InChI=1S/C20H13BrF3N3O6/c1-10(28)33-18-15(21)6-11(7-17(18)32-2)5-12(9-25)19(29)26-16-4-3-13(27(30)31)8-14(16)20(22,23)24/h3-8H,1-2H3,(H,26,29)/b12-5+. The Morgan fingerprint density at radius 3 is 2.45 bits per heavy atom. The molecule has 0 radical (unpaired) electrons. The van der Waals surface area contributed by atoms with Crippen molar-refractivity contribution in [2.75, 3.05) is 12.4 Å². The van der Waals surface area contributed by atoms with Crippen LogP contribution in [0.5, 0.6) is 11.5 Å². The number of non-ortho nitro benzene ring substituents is 1. The lowest BCUT2D eigenvalue weighted by Crippen LogP contribution is -2.18. The molecule has 0 heterocycles. The van der Waals surface area contributed by atoms with Crippen LogP contribution in [-0.4, -0.2) is 23.9 Å². The van der Waals surface area contributed by atoms with Crippen LogP contribution in [0.3, 0.4) is 0 Å². The first-order chi connectivity index (χ1) is 15.4. The monoisotopic (exact) mass is 527 g/mol. The number of carbonyl (C=O) groups excluding carboxylic acids is 2. The molecule has 0 aliphatic rings. The Morgan fingerprint density at radius 1 is 1.27 bits per heavy atom. The molecule has 0 unspecified atom stereocenters. The number of benzene rings is 2. The summed E-state index contributed by atoms with van der Waals surface area (Å²) in [6.07, 6.45) is -3.94. The van der Waals surface area contributed by atoms with Gasteiger partial charge in [-0.2, -0.15) is 18.4 Å². The van der Waals surface area contributed by atoms with Crippen LogP contribution >= 0.6 is 15.9 Å². The topological polar surface area (TPSA) is 132 Å². The number of amides is 1. The smallest absolute Gasteiger partial charge is 0.418 e. The molecule has 1 amide bonds. The Kier molecular flexibility index (Phi) is 7.78. The van der Waals surface area contributed by atoms with Gasteiger partial charge in [-0.1, -0.05) is 0 Å². The lowest BCUT2D eigenvalue weighted by Gasteiger charge is -2.13. The Balaban J connectivity index is 2.44. The first-order valence-electron chi connectivity index (χ1n) is 8.72. The van der Waals surface area contributed by atoms with E-state index in [1.54, 1.807) is 6.07 Å². The predicted molar refractivity (Wildman–Crippen MR) is 112 cm³/mol. The molecular weight excluding hydrogens is 515 g/mol. The number of hydrogen-bond acceptors (Lipinski definition) is 7. The van der Waals surface area contributed by atoms with Crippen molar-refractivity contribution < 1.29 is 37.2 Å². The van der Waals surface area contributed by atoms with Gasteiger partial charge in [-0.25, -0.2) is 0 Å². The van der Waals surface area contributed by atoms with Gasteiger partial charge in [0.15, 0.2) is 11.5 Å². The van der Waals surface area contributed by atoms with Crippen LogP contribution in [0.15, 0.2) is 40.4 Å². The van der Waals surface area contributed by atoms with Gasteiger partial charge in [-0.05, 0) is 45.8 Å². The number of nitriles is 1. The SMILES string of the molecule is COc1cc(/C=C(\C#N)C(=O)Nc2ccc([N+](=O)[O-])cc2C(F)(F)F)cc(Br)c1OC(C)=O. The highest BCUT2D eigenvalue weighted by atomic mass is 79.9. The summed E-state index contributed by atoms with van der Waals surface area (Å²) in [5, 5.41) is 22.1. The number of nitro benzene ring substituents is 1. The van der Waals surface area contributed by atoms with Gasteiger partial charge in [-0.15, -0.1) is 0 Å². The van der Waals surface area contributed by atoms with E-state index >= 15 is 0 Å². The van der Waals surface area contributed by atoms with Gasteiger partial charge in [0.05, 0.1) is 27.8 Å². The van der Waals surface area contributed by atoms with Gasteiger partial charge >= 0.3 is 12.1 Å². The molecule has 0 aliphatic heterocycles. The molecule has 2 rings (SSSR count). The molecular formula is C20H13BrF3N3O6. The summed E-state index contributed by atoms with van der Waals surface area (Å²) >= 11 is 3.17. The maximum absolute atomic E-state index is 13.3. The number of ether oxygens (including phenoxy) is 2. The summed E-state index contributed by atoms with van der Waals surface area (Å²) < 4.78 is 50.3. The summed E-state index contributed by atoms with van der Waals surface area (Å²) in [6.45, 7) is 1.17. The molecule has 13 heteroatoms. The number of alkyl halides is 3. The molecule has 0 spiro atoms. The van der Waals surface area contributed by atoms with Gasteiger partial charge < -0.3 is 14.8 Å². The van der Waals surface area contributed by atoms with Crippen LogP contribution in [-0.2, 0) is 15.8 Å². The molecule has 2 aromatic rings. The predicted octanol–water partition coefficient (Wildman–Crippen LogP) is 4.86. The molecule has 0 fully saturated rings. The molecule has 0 aliphatic carbocycles. The summed E-state index contributed by atoms with van der Waals surface area (Å²) in [6, 6.07) is 6.09. The van der Waals surface area contributed by atoms with Gasteiger partial charge in [-0.3, -0.25) is 19.7 Å². The van der Waals surface area contributed by atoms with Crippen molar-refractivity contribution in [3.8, 4) is 17.6 Å². The van der Waals surface area contributed by atoms with Crippen molar-refractivity contribution in [1.82, 2.24) is 0 Å². The number of nitrogens with one attached hydrogen (secondary N) is 1. The molecule has 2 aromatic carbocycles. The summed E-state index contributed by atoms with van der Waals surface area (Å²) in [7, 11) is 1.29. The van der Waals surface area contributed by atoms with E-state index in [1.165, 1.54) is 26.2 Å². The van der Waals surface area contributed by atoms with Crippen LogP contribution in [0.1, 0.15) is 18.1 Å². The van der Waals surface area contributed by atoms with Crippen LogP contribution in [0.25, 0.3) is 6.08 Å². The molecule has 33 heavy (non-hydrogen) atoms. The largest absolute Gasteiger partial charge is 0.493 e. The van der Waals surface area contributed by atoms with Gasteiger partial charge in [0.1, 0.15) is 11.6 Å². The first-order valence-corrected chi connectivity index (χ1v) is 9.51. The molecule has 0 saturated heterocycles. The summed E-state index contributed by atoms with van der Waals surface area (Å²) in [5.74, 6) is -1.68. The highest BCUT2D eigenvalue weighted by molar-refractivity contribution is 9.10. The van der Waals surface area contributed by atoms with Crippen molar-refractivity contribution in [2.24, 2.45) is 0 Å². The number of rotatable bonds is 6. The molecule has 0 bridgehead atoms. The molecule has 1 N–H and O–H groups in total. The normalized spacial score (nSPS) is 11.4. The third-order valence-electron chi connectivity index (χ3n) is 3.94. The highest BCUT2D eigenvalue weighted by Crippen LogP contribution is 2.38. The van der Waals surface area contributed by atoms with Crippen molar-refractivity contribution in [3.63, 3.8) is 0 Å². The summed E-state index contributed by atoms with van der Waals surface area (Å²) in [5.41, 5.74) is -3.38. The van der Waals surface area contributed by atoms with E-state index in [4.69, 9.17) is 9.47 Å². The Hall–Kier alpha value is -3.92. The number of hydrogen-bond donors (Lipinski definition) is 1. The molecule has 0 atom stereocenters. The van der Waals surface area contributed by atoms with E-state index in [2.05, 4.69) is 15.9 Å². The fraction of sp³-hybridized carbons (Fsp3) is 0.150. The fourth-order valence-electron chi connectivity index (χ4n) is 2.56. The Morgan fingerprint density at radius 2 is 1.94 bits per heavy atom. The van der Waals surface area contributed by atoms with E-state index in [1.807, 2.05) is 5.32 Å². The second-order valence-electron chi connectivity index (χ2n) is 6.24. The van der Waals surface area contributed by atoms with E-state index in [0.29, 0.717) is 0 Å². The fourth-order valence-corrected chi connectivity index (χ4v) is 3.10. The zero-order valence-electron chi connectivity index (χ0n) is 16.8. The number of anilines is 1. The van der Waals surface area contributed by atoms with E-state index < -0.39 is 45.5 Å². The van der Waals surface area contributed by atoms with Crippen LogP contribution in [0, 0.1) is 21.4 Å². The number of nitro groups is 1. The highest BCUT2D eigenvalue weighted by Gasteiger charge is 2.36. The first kappa shape index (κ1) is 25.3.